The van der Waals surface area contributed by atoms with Crippen molar-refractivity contribution >= 4 is 5.97 Å². The largest absolute Gasteiger partial charge is 0.466 e. The predicted molar refractivity (Wildman–Crippen MR) is 68.2 cm³/mol. The quantitative estimate of drug-likeness (QED) is 0.389. The number of carbonyl (C=O) groups excluding carboxylic acids is 1. The summed E-state index contributed by atoms with van der Waals surface area (Å²) in [5.41, 5.74) is 0. The molecule has 0 aromatic rings. The van der Waals surface area contributed by atoms with Gasteiger partial charge in [-0.3, -0.25) is 4.79 Å². The molecule has 0 fully saturated rings. The van der Waals surface area contributed by atoms with Crippen LogP contribution < -0.4 is 0 Å². The van der Waals surface area contributed by atoms with E-state index < -0.39 is 0 Å². The smallest absolute Gasteiger partial charge is 0.305 e. The van der Waals surface area contributed by atoms with Crippen LogP contribution in [0.3, 0.4) is 0 Å². The second kappa shape index (κ2) is 12.5. The number of unbranched alkanes of at least 4 members (excludes halogenated alkanes) is 7. The summed E-state index contributed by atoms with van der Waals surface area (Å²) in [6.45, 7) is 6.57. The van der Waals surface area contributed by atoms with Gasteiger partial charge in [0.1, 0.15) is 0 Å². The third-order valence-corrected chi connectivity index (χ3v) is 2.64. The monoisotopic (exact) mass is 227 g/mol. The van der Waals surface area contributed by atoms with Crippen LogP contribution in [0.1, 0.15) is 71.1 Å². The Morgan fingerprint density at radius 2 is 1.69 bits per heavy atom. The lowest BCUT2D eigenvalue weighted by Gasteiger charge is -2.04. The van der Waals surface area contributed by atoms with Gasteiger partial charge in [0.25, 0.3) is 0 Å². The molecule has 0 aromatic heterocycles. The zero-order chi connectivity index (χ0) is 12.1. The van der Waals surface area contributed by atoms with E-state index in [0.717, 1.165) is 32.1 Å². The van der Waals surface area contributed by atoms with Crippen LogP contribution in [-0.2, 0) is 9.53 Å². The molecule has 95 valence electrons. The Kier molecular flexibility index (Phi) is 12.1. The fourth-order valence-corrected chi connectivity index (χ4v) is 1.59. The van der Waals surface area contributed by atoms with E-state index in [2.05, 4.69) is 13.8 Å². The molecule has 0 atom stereocenters. The van der Waals surface area contributed by atoms with Gasteiger partial charge in [0.2, 0.25) is 0 Å². The van der Waals surface area contributed by atoms with Crippen LogP contribution in [0, 0.1) is 6.92 Å². The molecule has 16 heavy (non-hydrogen) atoms. The van der Waals surface area contributed by atoms with Gasteiger partial charge in [-0.15, -0.1) is 0 Å². The van der Waals surface area contributed by atoms with Crippen molar-refractivity contribution in [2.24, 2.45) is 0 Å². The predicted octanol–water partition coefficient (Wildman–Crippen LogP) is 4.28. The molecule has 0 amide bonds. The van der Waals surface area contributed by atoms with E-state index in [-0.39, 0.29) is 5.97 Å². The van der Waals surface area contributed by atoms with Gasteiger partial charge < -0.3 is 4.74 Å². The van der Waals surface area contributed by atoms with Crippen molar-refractivity contribution in [1.82, 2.24) is 0 Å². The summed E-state index contributed by atoms with van der Waals surface area (Å²) in [4.78, 5) is 11.3. The van der Waals surface area contributed by atoms with E-state index in [0.29, 0.717) is 13.0 Å². The summed E-state index contributed by atoms with van der Waals surface area (Å²) < 4.78 is 5.15. The molecular formula is C14H27O2. The zero-order valence-corrected chi connectivity index (χ0v) is 10.8. The second-order valence-corrected chi connectivity index (χ2v) is 4.30. The fraction of sp³-hybridized carbons (Fsp3) is 0.857. The van der Waals surface area contributed by atoms with Gasteiger partial charge in [-0.2, -0.15) is 0 Å². The number of carbonyl (C=O) groups is 1. The van der Waals surface area contributed by atoms with Gasteiger partial charge in [-0.05, 0) is 12.8 Å². The van der Waals surface area contributed by atoms with Gasteiger partial charge in [0.15, 0.2) is 0 Å². The molecule has 0 aliphatic carbocycles. The van der Waals surface area contributed by atoms with Crippen molar-refractivity contribution in [2.75, 3.05) is 6.61 Å². The molecule has 0 aliphatic rings. The number of hydrogen-bond donors (Lipinski definition) is 0. The molecule has 0 heterocycles. The van der Waals surface area contributed by atoms with Crippen molar-refractivity contribution in [1.29, 1.82) is 0 Å². The lowest BCUT2D eigenvalue weighted by molar-refractivity contribution is -0.143. The molecule has 1 radical (unpaired) electrons. The number of ether oxygens (including phenoxy) is 1. The standard InChI is InChI=1S/C14H27O2/c1-3-5-7-9-11-13-16-14(15)12-10-8-6-4-2/h1,3-13H2,2H3. The Morgan fingerprint density at radius 3 is 2.38 bits per heavy atom. The Labute approximate surface area is 101 Å². The van der Waals surface area contributed by atoms with Gasteiger partial charge >= 0.3 is 5.97 Å². The van der Waals surface area contributed by atoms with Crippen LogP contribution in [0.15, 0.2) is 0 Å². The van der Waals surface area contributed by atoms with Crippen molar-refractivity contribution in [2.45, 2.75) is 71.1 Å². The first kappa shape index (κ1) is 15.5. The Hall–Kier alpha value is -0.530. The molecule has 2 nitrogen and oxygen atoms in total. The van der Waals surface area contributed by atoms with Crippen LogP contribution >= 0.6 is 0 Å². The van der Waals surface area contributed by atoms with E-state index in [4.69, 9.17) is 4.74 Å². The Morgan fingerprint density at radius 1 is 1.00 bits per heavy atom. The molecular weight excluding hydrogens is 200 g/mol. The summed E-state index contributed by atoms with van der Waals surface area (Å²) in [6, 6.07) is 0. The van der Waals surface area contributed by atoms with Crippen LogP contribution in [0.2, 0.25) is 0 Å². The van der Waals surface area contributed by atoms with Crippen molar-refractivity contribution in [3.8, 4) is 0 Å². The van der Waals surface area contributed by atoms with Crippen LogP contribution in [0.4, 0.5) is 0 Å². The van der Waals surface area contributed by atoms with Gasteiger partial charge in [-0.25, -0.2) is 0 Å². The normalized spacial score (nSPS) is 10.4. The third-order valence-electron chi connectivity index (χ3n) is 2.64. The molecule has 0 spiro atoms. The number of hydrogen-bond acceptors (Lipinski definition) is 2. The average Bonchev–Trinajstić information content (AvgIpc) is 2.29. The average molecular weight is 227 g/mol. The van der Waals surface area contributed by atoms with E-state index >= 15 is 0 Å². The van der Waals surface area contributed by atoms with E-state index in [1.54, 1.807) is 0 Å². The van der Waals surface area contributed by atoms with Gasteiger partial charge in [0, 0.05) is 6.42 Å². The van der Waals surface area contributed by atoms with Crippen LogP contribution in [0.5, 0.6) is 0 Å². The van der Waals surface area contributed by atoms with Gasteiger partial charge in [0.05, 0.1) is 6.61 Å². The van der Waals surface area contributed by atoms with Gasteiger partial charge in [-0.1, -0.05) is 58.8 Å². The summed E-state index contributed by atoms with van der Waals surface area (Å²) in [5.74, 6) is -0.0201. The third kappa shape index (κ3) is 11.5. The van der Waals surface area contributed by atoms with Crippen molar-refractivity contribution in [3.63, 3.8) is 0 Å². The maximum Gasteiger partial charge on any atom is 0.305 e. The van der Waals surface area contributed by atoms with Crippen molar-refractivity contribution in [3.05, 3.63) is 6.92 Å². The van der Waals surface area contributed by atoms with E-state index in [1.165, 1.54) is 25.7 Å². The highest BCUT2D eigenvalue weighted by Gasteiger charge is 2.01. The Balaban J connectivity index is 3.11. The minimum atomic E-state index is -0.0201. The molecule has 0 rings (SSSR count). The summed E-state index contributed by atoms with van der Waals surface area (Å²) in [7, 11) is 0. The minimum Gasteiger partial charge on any atom is -0.466 e. The highest BCUT2D eigenvalue weighted by molar-refractivity contribution is 5.69. The summed E-state index contributed by atoms with van der Waals surface area (Å²) in [5, 5.41) is 0. The minimum absolute atomic E-state index is 0.0201. The molecule has 0 N–H and O–H groups in total. The SMILES string of the molecule is [CH2]CCCCCCOC(=O)CCCCCC. The topological polar surface area (TPSA) is 26.3 Å². The fourth-order valence-electron chi connectivity index (χ4n) is 1.59. The van der Waals surface area contributed by atoms with E-state index in [1.807, 2.05) is 0 Å². The molecule has 0 saturated carbocycles. The maximum atomic E-state index is 11.3. The Bertz CT molecular complexity index is 155. The van der Waals surface area contributed by atoms with Crippen molar-refractivity contribution < 1.29 is 9.53 Å². The maximum absolute atomic E-state index is 11.3. The highest BCUT2D eigenvalue weighted by atomic mass is 16.5. The number of rotatable bonds is 11. The lowest BCUT2D eigenvalue weighted by Crippen LogP contribution is -2.05. The molecule has 0 aromatic carbocycles. The summed E-state index contributed by atoms with van der Waals surface area (Å²) >= 11 is 0. The lowest BCUT2D eigenvalue weighted by atomic mass is 10.1. The summed E-state index contributed by atoms with van der Waals surface area (Å²) in [6.07, 6.45) is 10.7. The molecule has 2 heteroatoms. The zero-order valence-electron chi connectivity index (χ0n) is 10.8. The first-order valence-corrected chi connectivity index (χ1v) is 6.76. The first-order valence-electron chi connectivity index (χ1n) is 6.76. The van der Waals surface area contributed by atoms with E-state index in [9.17, 15) is 4.79 Å². The molecule has 0 saturated heterocycles. The molecule has 0 unspecified atom stereocenters. The van der Waals surface area contributed by atoms with Crippen LogP contribution in [-0.4, -0.2) is 12.6 Å². The molecule has 0 bridgehead atoms. The first-order chi connectivity index (χ1) is 7.81. The highest BCUT2D eigenvalue weighted by Crippen LogP contribution is 2.05. The number of esters is 1. The second-order valence-electron chi connectivity index (χ2n) is 4.30. The molecule has 0 aliphatic heterocycles. The van der Waals surface area contributed by atoms with Crippen LogP contribution in [0.25, 0.3) is 0 Å².